The third kappa shape index (κ3) is 4.60. The second-order valence-corrected chi connectivity index (χ2v) is 7.10. The fraction of sp³-hybridized carbons (Fsp3) is 0.222. The molecule has 2 aromatic carbocycles. The van der Waals surface area contributed by atoms with Crippen molar-refractivity contribution in [1.29, 1.82) is 0 Å². The molecule has 0 atom stereocenters. The summed E-state index contributed by atoms with van der Waals surface area (Å²) in [5.74, 6) is 0. The Morgan fingerprint density at radius 2 is 1.74 bits per heavy atom. The lowest BCUT2D eigenvalue weighted by Crippen LogP contribution is -2.12. The van der Waals surface area contributed by atoms with Crippen molar-refractivity contribution in [3.63, 3.8) is 0 Å². The van der Waals surface area contributed by atoms with Gasteiger partial charge < -0.3 is 0 Å². The molecule has 0 fully saturated rings. The van der Waals surface area contributed by atoms with Gasteiger partial charge in [0.05, 0.1) is 11.1 Å². The summed E-state index contributed by atoms with van der Waals surface area (Å²) < 4.78 is 27.4. The van der Waals surface area contributed by atoms with Gasteiger partial charge in [0.1, 0.15) is 0 Å². The molecule has 0 bridgehead atoms. The molecule has 0 spiro atoms. The molecule has 2 aromatic rings. The summed E-state index contributed by atoms with van der Waals surface area (Å²) >= 11 is 6.21. The predicted octanol–water partition coefficient (Wildman–Crippen LogP) is 4.88. The van der Waals surface area contributed by atoms with Gasteiger partial charge in [0, 0.05) is 5.02 Å². The number of aryl methyl sites for hydroxylation is 1. The van der Waals surface area contributed by atoms with Crippen LogP contribution in [0.2, 0.25) is 5.02 Å². The van der Waals surface area contributed by atoms with Gasteiger partial charge in [-0.3, -0.25) is 4.72 Å². The topological polar surface area (TPSA) is 46.2 Å². The maximum atomic E-state index is 12.4. The molecule has 0 amide bonds. The average Bonchev–Trinajstić information content (AvgIpc) is 2.54. The summed E-state index contributed by atoms with van der Waals surface area (Å²) in [4.78, 5) is 0. The first kappa shape index (κ1) is 17.6. The second kappa shape index (κ2) is 7.66. The van der Waals surface area contributed by atoms with Gasteiger partial charge in [-0.2, -0.15) is 0 Å². The molecule has 0 saturated heterocycles. The Hall–Kier alpha value is -1.78. The van der Waals surface area contributed by atoms with E-state index in [9.17, 15) is 8.42 Å². The number of nitrogens with one attached hydrogen (secondary N) is 1. The molecule has 23 heavy (non-hydrogen) atoms. The van der Waals surface area contributed by atoms with Gasteiger partial charge in [-0.1, -0.05) is 61.8 Å². The van der Waals surface area contributed by atoms with Crippen LogP contribution < -0.4 is 4.72 Å². The van der Waals surface area contributed by atoms with Gasteiger partial charge in [-0.05, 0) is 41.7 Å². The third-order valence-electron chi connectivity index (χ3n) is 3.56. The lowest BCUT2D eigenvalue weighted by atomic mass is 10.0. The number of halogens is 1. The number of rotatable bonds is 6. The van der Waals surface area contributed by atoms with Crippen LogP contribution in [-0.4, -0.2) is 8.42 Å². The van der Waals surface area contributed by atoms with Gasteiger partial charge in [-0.25, -0.2) is 8.42 Å². The van der Waals surface area contributed by atoms with Crippen molar-refractivity contribution >= 4 is 33.4 Å². The van der Waals surface area contributed by atoms with E-state index in [1.807, 2.05) is 56.3 Å². The molecule has 1 N–H and O–H groups in total. The normalized spacial score (nSPS) is 11.8. The quantitative estimate of drug-likeness (QED) is 0.808. The van der Waals surface area contributed by atoms with E-state index in [1.165, 1.54) is 5.41 Å². The maximum Gasteiger partial charge on any atom is 0.255 e. The molecule has 0 radical (unpaired) electrons. The van der Waals surface area contributed by atoms with Gasteiger partial charge in [0.2, 0.25) is 0 Å². The largest absolute Gasteiger partial charge is 0.280 e. The van der Waals surface area contributed by atoms with Crippen molar-refractivity contribution in [1.82, 2.24) is 0 Å². The van der Waals surface area contributed by atoms with Crippen LogP contribution in [0.15, 0.2) is 47.9 Å². The zero-order valence-electron chi connectivity index (χ0n) is 13.2. The SMILES string of the molecule is CCc1ccc(Cl)c(CC)c1NS(=O)(=O)/C=C/c1ccccc1. The molecule has 0 aromatic heterocycles. The van der Waals surface area contributed by atoms with Crippen LogP contribution in [0.1, 0.15) is 30.5 Å². The summed E-state index contributed by atoms with van der Waals surface area (Å²) in [7, 11) is -3.60. The fourth-order valence-electron chi connectivity index (χ4n) is 2.35. The van der Waals surface area contributed by atoms with Crippen molar-refractivity contribution in [2.75, 3.05) is 4.72 Å². The van der Waals surface area contributed by atoms with Crippen molar-refractivity contribution in [3.8, 4) is 0 Å². The van der Waals surface area contributed by atoms with Crippen LogP contribution in [0.25, 0.3) is 6.08 Å². The van der Waals surface area contributed by atoms with Crippen LogP contribution in [0.4, 0.5) is 5.69 Å². The predicted molar refractivity (Wildman–Crippen MR) is 98.2 cm³/mol. The van der Waals surface area contributed by atoms with Crippen LogP contribution in [0.3, 0.4) is 0 Å². The first-order valence-corrected chi connectivity index (χ1v) is 9.45. The van der Waals surface area contributed by atoms with Gasteiger partial charge in [0.15, 0.2) is 0 Å². The Kier molecular flexibility index (Phi) is 5.85. The molecule has 0 heterocycles. The van der Waals surface area contributed by atoms with Crippen molar-refractivity contribution < 1.29 is 8.42 Å². The lowest BCUT2D eigenvalue weighted by molar-refractivity contribution is 0.609. The highest BCUT2D eigenvalue weighted by Gasteiger charge is 2.15. The van der Waals surface area contributed by atoms with E-state index in [0.717, 1.165) is 23.1 Å². The first-order chi connectivity index (χ1) is 11.0. The molecular weight excluding hydrogens is 330 g/mol. The lowest BCUT2D eigenvalue weighted by Gasteiger charge is -2.15. The van der Waals surface area contributed by atoms with E-state index >= 15 is 0 Å². The Balaban J connectivity index is 2.34. The molecule has 5 heteroatoms. The van der Waals surface area contributed by atoms with Crippen LogP contribution in [0.5, 0.6) is 0 Å². The van der Waals surface area contributed by atoms with Crippen LogP contribution in [0, 0.1) is 0 Å². The van der Waals surface area contributed by atoms with E-state index < -0.39 is 10.0 Å². The summed E-state index contributed by atoms with van der Waals surface area (Å²) in [6, 6.07) is 13.0. The second-order valence-electron chi connectivity index (χ2n) is 5.13. The smallest absolute Gasteiger partial charge is 0.255 e. The minimum absolute atomic E-state index is 0.578. The number of sulfonamides is 1. The fourth-order valence-corrected chi connectivity index (χ4v) is 3.58. The molecule has 0 saturated carbocycles. The first-order valence-electron chi connectivity index (χ1n) is 7.53. The average molecular weight is 350 g/mol. The van der Waals surface area contributed by atoms with E-state index in [-0.39, 0.29) is 0 Å². The van der Waals surface area contributed by atoms with Gasteiger partial charge in [-0.15, -0.1) is 0 Å². The molecule has 3 nitrogen and oxygen atoms in total. The maximum absolute atomic E-state index is 12.4. The van der Waals surface area contributed by atoms with E-state index in [0.29, 0.717) is 17.1 Å². The Morgan fingerprint density at radius 1 is 1.04 bits per heavy atom. The summed E-state index contributed by atoms with van der Waals surface area (Å²) in [6.45, 7) is 3.94. The zero-order valence-corrected chi connectivity index (χ0v) is 14.8. The van der Waals surface area contributed by atoms with E-state index in [4.69, 9.17) is 11.6 Å². The Morgan fingerprint density at radius 3 is 2.35 bits per heavy atom. The number of hydrogen-bond donors (Lipinski definition) is 1. The Labute approximate surface area is 143 Å². The minimum Gasteiger partial charge on any atom is -0.280 e. The van der Waals surface area contributed by atoms with Crippen molar-refractivity contribution in [2.45, 2.75) is 26.7 Å². The number of benzene rings is 2. The monoisotopic (exact) mass is 349 g/mol. The molecule has 0 aliphatic rings. The zero-order chi connectivity index (χ0) is 16.9. The van der Waals surface area contributed by atoms with Crippen LogP contribution >= 0.6 is 11.6 Å². The summed E-state index contributed by atoms with van der Waals surface area (Å²) in [5.41, 5.74) is 3.18. The molecule has 0 aliphatic carbocycles. The Bertz CT molecular complexity index is 799. The summed E-state index contributed by atoms with van der Waals surface area (Å²) in [5, 5.41) is 1.76. The standard InChI is InChI=1S/C18H20ClNO2S/c1-3-15-10-11-17(19)16(4-2)18(15)20-23(21,22)13-12-14-8-6-5-7-9-14/h5-13,20H,3-4H2,1-2H3/b13-12+. The number of anilines is 1. The molecular formula is C18H20ClNO2S. The molecule has 0 aliphatic heterocycles. The van der Waals surface area contributed by atoms with Crippen molar-refractivity contribution in [2.24, 2.45) is 0 Å². The highest BCUT2D eigenvalue weighted by Crippen LogP contribution is 2.30. The molecule has 122 valence electrons. The number of hydrogen-bond acceptors (Lipinski definition) is 2. The highest BCUT2D eigenvalue weighted by atomic mass is 35.5. The van der Waals surface area contributed by atoms with Gasteiger partial charge >= 0.3 is 0 Å². The minimum atomic E-state index is -3.60. The van der Waals surface area contributed by atoms with E-state index in [2.05, 4.69) is 4.72 Å². The molecule has 0 unspecified atom stereocenters. The molecule has 2 rings (SSSR count). The third-order valence-corrected chi connectivity index (χ3v) is 4.90. The van der Waals surface area contributed by atoms with Crippen LogP contribution in [-0.2, 0) is 22.9 Å². The van der Waals surface area contributed by atoms with E-state index in [1.54, 1.807) is 6.08 Å². The van der Waals surface area contributed by atoms with Gasteiger partial charge in [0.25, 0.3) is 10.0 Å². The summed E-state index contributed by atoms with van der Waals surface area (Å²) in [6.07, 6.45) is 2.96. The van der Waals surface area contributed by atoms with Crippen molar-refractivity contribution in [3.05, 3.63) is 69.6 Å². The highest BCUT2D eigenvalue weighted by molar-refractivity contribution is 7.95.